The van der Waals surface area contributed by atoms with Crippen LogP contribution in [0.15, 0.2) is 0 Å². The standard InChI is InChI=1S/C8H20N2/c1-6(2)5-8(10-9)7(3)4/h6-8,10H,5,9H2,1-4H3. The van der Waals surface area contributed by atoms with Crippen LogP contribution in [-0.2, 0) is 0 Å². The van der Waals surface area contributed by atoms with Gasteiger partial charge in [0.15, 0.2) is 0 Å². The van der Waals surface area contributed by atoms with Gasteiger partial charge in [-0.15, -0.1) is 0 Å². The lowest BCUT2D eigenvalue weighted by molar-refractivity contribution is 0.343. The number of hydrazine groups is 1. The van der Waals surface area contributed by atoms with Crippen molar-refractivity contribution in [3.8, 4) is 0 Å². The van der Waals surface area contributed by atoms with Crippen molar-refractivity contribution in [2.24, 2.45) is 17.7 Å². The molecule has 0 aromatic rings. The number of rotatable bonds is 4. The number of nitrogens with one attached hydrogen (secondary N) is 1. The van der Waals surface area contributed by atoms with Gasteiger partial charge in [0.1, 0.15) is 0 Å². The summed E-state index contributed by atoms with van der Waals surface area (Å²) in [6.45, 7) is 8.80. The van der Waals surface area contributed by atoms with Crippen molar-refractivity contribution in [3.63, 3.8) is 0 Å². The Bertz CT molecular complexity index is 79.3. The first-order chi connectivity index (χ1) is 4.57. The van der Waals surface area contributed by atoms with Crippen molar-refractivity contribution in [3.05, 3.63) is 0 Å². The van der Waals surface area contributed by atoms with Gasteiger partial charge >= 0.3 is 0 Å². The quantitative estimate of drug-likeness (QED) is 0.464. The van der Waals surface area contributed by atoms with Crippen LogP contribution in [0.1, 0.15) is 34.1 Å². The van der Waals surface area contributed by atoms with E-state index in [0.29, 0.717) is 12.0 Å². The van der Waals surface area contributed by atoms with E-state index in [1.165, 1.54) is 0 Å². The maximum absolute atomic E-state index is 5.37. The molecule has 0 heterocycles. The minimum Gasteiger partial charge on any atom is -0.271 e. The van der Waals surface area contributed by atoms with Gasteiger partial charge < -0.3 is 0 Å². The van der Waals surface area contributed by atoms with Crippen LogP contribution in [0.2, 0.25) is 0 Å². The van der Waals surface area contributed by atoms with Gasteiger partial charge in [0, 0.05) is 6.04 Å². The maximum atomic E-state index is 5.37. The molecule has 62 valence electrons. The number of nitrogens with two attached hydrogens (primary N) is 1. The van der Waals surface area contributed by atoms with E-state index in [4.69, 9.17) is 5.84 Å². The zero-order valence-electron chi connectivity index (χ0n) is 7.52. The minimum atomic E-state index is 0.472. The summed E-state index contributed by atoms with van der Waals surface area (Å²) >= 11 is 0. The van der Waals surface area contributed by atoms with Crippen LogP contribution in [-0.4, -0.2) is 6.04 Å². The molecule has 0 aliphatic carbocycles. The van der Waals surface area contributed by atoms with Gasteiger partial charge in [0.05, 0.1) is 0 Å². The molecular weight excluding hydrogens is 124 g/mol. The van der Waals surface area contributed by atoms with Gasteiger partial charge in [-0.25, -0.2) is 0 Å². The lowest BCUT2D eigenvalue weighted by Crippen LogP contribution is -2.39. The van der Waals surface area contributed by atoms with E-state index in [-0.39, 0.29) is 0 Å². The molecule has 0 aromatic carbocycles. The lowest BCUT2D eigenvalue weighted by Gasteiger charge is -2.21. The molecule has 0 aromatic heterocycles. The average molecular weight is 144 g/mol. The van der Waals surface area contributed by atoms with Gasteiger partial charge in [-0.3, -0.25) is 11.3 Å². The van der Waals surface area contributed by atoms with Crippen LogP contribution < -0.4 is 11.3 Å². The smallest absolute Gasteiger partial charge is 0.0235 e. The highest BCUT2D eigenvalue weighted by Crippen LogP contribution is 2.10. The SMILES string of the molecule is CC(C)CC(NN)C(C)C. The summed E-state index contributed by atoms with van der Waals surface area (Å²) in [5.74, 6) is 6.73. The highest BCUT2D eigenvalue weighted by molar-refractivity contribution is 4.68. The van der Waals surface area contributed by atoms with Gasteiger partial charge in [-0.1, -0.05) is 27.7 Å². The number of hydrogen-bond donors (Lipinski definition) is 2. The summed E-state index contributed by atoms with van der Waals surface area (Å²) < 4.78 is 0. The fourth-order valence-electron chi connectivity index (χ4n) is 1.04. The van der Waals surface area contributed by atoms with E-state index in [1.54, 1.807) is 0 Å². The topological polar surface area (TPSA) is 38.0 Å². The summed E-state index contributed by atoms with van der Waals surface area (Å²) in [5, 5.41) is 0. The van der Waals surface area contributed by atoms with Crippen molar-refractivity contribution in [1.29, 1.82) is 0 Å². The Kier molecular flexibility index (Phi) is 4.65. The molecule has 2 nitrogen and oxygen atoms in total. The second-order valence-electron chi connectivity index (χ2n) is 3.65. The van der Waals surface area contributed by atoms with Crippen LogP contribution in [0.4, 0.5) is 0 Å². The van der Waals surface area contributed by atoms with Gasteiger partial charge in [0.25, 0.3) is 0 Å². The van der Waals surface area contributed by atoms with Crippen LogP contribution in [0.5, 0.6) is 0 Å². The first kappa shape index (κ1) is 9.92. The van der Waals surface area contributed by atoms with E-state index >= 15 is 0 Å². The summed E-state index contributed by atoms with van der Waals surface area (Å²) in [6.07, 6.45) is 1.16. The Morgan fingerprint density at radius 1 is 1.20 bits per heavy atom. The molecule has 10 heavy (non-hydrogen) atoms. The van der Waals surface area contributed by atoms with Gasteiger partial charge in [-0.2, -0.15) is 0 Å². The normalized spacial score (nSPS) is 14.7. The molecule has 1 unspecified atom stereocenters. The van der Waals surface area contributed by atoms with E-state index < -0.39 is 0 Å². The fraction of sp³-hybridized carbons (Fsp3) is 1.00. The Hall–Kier alpha value is -0.0800. The molecule has 0 rings (SSSR count). The lowest BCUT2D eigenvalue weighted by atomic mass is 9.95. The zero-order chi connectivity index (χ0) is 8.15. The molecule has 0 fully saturated rings. The highest BCUT2D eigenvalue weighted by atomic mass is 15.2. The fourth-order valence-corrected chi connectivity index (χ4v) is 1.04. The first-order valence-corrected chi connectivity index (χ1v) is 4.04. The molecule has 0 saturated carbocycles. The molecule has 2 heteroatoms. The predicted molar refractivity (Wildman–Crippen MR) is 45.4 cm³/mol. The van der Waals surface area contributed by atoms with Gasteiger partial charge in [-0.05, 0) is 18.3 Å². The van der Waals surface area contributed by atoms with E-state index in [0.717, 1.165) is 12.3 Å². The van der Waals surface area contributed by atoms with Crippen molar-refractivity contribution < 1.29 is 0 Å². The van der Waals surface area contributed by atoms with Crippen LogP contribution >= 0.6 is 0 Å². The minimum absolute atomic E-state index is 0.472. The van der Waals surface area contributed by atoms with E-state index in [9.17, 15) is 0 Å². The summed E-state index contributed by atoms with van der Waals surface area (Å²) in [5.41, 5.74) is 2.83. The van der Waals surface area contributed by atoms with Crippen LogP contribution in [0.25, 0.3) is 0 Å². The molecule has 0 amide bonds. The largest absolute Gasteiger partial charge is 0.271 e. The van der Waals surface area contributed by atoms with Crippen LogP contribution in [0.3, 0.4) is 0 Å². The third-order valence-corrected chi connectivity index (χ3v) is 1.74. The zero-order valence-corrected chi connectivity index (χ0v) is 7.52. The molecule has 0 radical (unpaired) electrons. The first-order valence-electron chi connectivity index (χ1n) is 4.04. The van der Waals surface area contributed by atoms with Crippen molar-refractivity contribution >= 4 is 0 Å². The summed E-state index contributed by atoms with van der Waals surface area (Å²) in [7, 11) is 0. The van der Waals surface area contributed by atoms with E-state index in [2.05, 4.69) is 33.1 Å². The van der Waals surface area contributed by atoms with Crippen molar-refractivity contribution in [2.45, 2.75) is 40.2 Å². The molecule has 0 aliphatic rings. The monoisotopic (exact) mass is 144 g/mol. The van der Waals surface area contributed by atoms with Gasteiger partial charge in [0.2, 0.25) is 0 Å². The summed E-state index contributed by atoms with van der Waals surface area (Å²) in [6, 6.07) is 0.472. The third-order valence-electron chi connectivity index (χ3n) is 1.74. The second-order valence-corrected chi connectivity index (χ2v) is 3.65. The summed E-state index contributed by atoms with van der Waals surface area (Å²) in [4.78, 5) is 0. The average Bonchev–Trinajstić information content (AvgIpc) is 1.81. The third kappa shape index (κ3) is 3.85. The molecule has 0 spiro atoms. The highest BCUT2D eigenvalue weighted by Gasteiger charge is 2.11. The molecule has 0 saturated heterocycles. The van der Waals surface area contributed by atoms with Crippen molar-refractivity contribution in [2.75, 3.05) is 0 Å². The number of hydrogen-bond acceptors (Lipinski definition) is 2. The Morgan fingerprint density at radius 3 is 1.80 bits per heavy atom. The van der Waals surface area contributed by atoms with Crippen molar-refractivity contribution in [1.82, 2.24) is 5.43 Å². The maximum Gasteiger partial charge on any atom is 0.0235 e. The molecule has 0 aliphatic heterocycles. The Balaban J connectivity index is 3.60. The molecular formula is C8H20N2. The molecule has 3 N–H and O–H groups in total. The molecule has 0 bridgehead atoms. The molecule has 1 atom stereocenters. The predicted octanol–water partition coefficient (Wildman–Crippen LogP) is 1.52. The van der Waals surface area contributed by atoms with E-state index in [1.807, 2.05) is 0 Å². The Morgan fingerprint density at radius 2 is 1.70 bits per heavy atom. The second kappa shape index (κ2) is 4.69. The Labute approximate surface area is 64.2 Å². The van der Waals surface area contributed by atoms with Crippen LogP contribution in [0, 0.1) is 11.8 Å².